The molecule has 82 valence electrons. The summed E-state index contributed by atoms with van der Waals surface area (Å²) in [6, 6.07) is 0. The minimum atomic E-state index is -0.0313. The molecule has 0 aromatic heterocycles. The zero-order valence-corrected chi connectivity index (χ0v) is 11.5. The van der Waals surface area contributed by atoms with Gasteiger partial charge >= 0.3 is 0 Å². The molecule has 0 aromatic rings. The second kappa shape index (κ2) is 13.7. The molecule has 0 aromatic carbocycles. The van der Waals surface area contributed by atoms with Gasteiger partial charge in [0, 0.05) is 23.1 Å². The first kappa shape index (κ1) is 17.1. The van der Waals surface area contributed by atoms with Gasteiger partial charge in [0.25, 0.3) is 0 Å². The summed E-state index contributed by atoms with van der Waals surface area (Å²) in [5.74, 6) is 0. The molecule has 1 N–H and O–H groups in total. The van der Waals surface area contributed by atoms with Crippen LogP contribution in [0.5, 0.6) is 0 Å². The summed E-state index contributed by atoms with van der Waals surface area (Å²) in [6.45, 7) is 4.37. The third-order valence-electron chi connectivity index (χ3n) is 2.51. The summed E-state index contributed by atoms with van der Waals surface area (Å²) in [7, 11) is 0. The summed E-state index contributed by atoms with van der Waals surface area (Å²) >= 11 is 0. The number of rotatable bonds is 9. The van der Waals surface area contributed by atoms with Crippen molar-refractivity contribution in [3.8, 4) is 0 Å². The van der Waals surface area contributed by atoms with Crippen LogP contribution < -0.4 is 0 Å². The molecule has 0 aliphatic rings. The van der Waals surface area contributed by atoms with Crippen LogP contribution in [0.4, 0.5) is 0 Å². The molecule has 0 bridgehead atoms. The molecule has 0 rings (SSSR count). The fraction of sp³-hybridized carbons (Fsp3) is 1.00. The summed E-state index contributed by atoms with van der Waals surface area (Å²) < 4.78 is 0. The Morgan fingerprint density at radius 3 is 1.93 bits per heavy atom. The van der Waals surface area contributed by atoms with Crippen LogP contribution in [0.25, 0.3) is 0 Å². The van der Waals surface area contributed by atoms with Crippen LogP contribution in [0.3, 0.4) is 0 Å². The molecule has 0 aliphatic heterocycles. The largest absolute Gasteiger partial charge is 0.393 e. The van der Waals surface area contributed by atoms with Gasteiger partial charge in [-0.05, 0) is 12.8 Å². The van der Waals surface area contributed by atoms with E-state index in [0.717, 1.165) is 19.3 Å². The number of unbranched alkanes of at least 4 members (excludes halogenated alkanes) is 5. The van der Waals surface area contributed by atoms with Crippen molar-refractivity contribution in [2.24, 2.45) is 0 Å². The molecule has 0 heterocycles. The van der Waals surface area contributed by atoms with Gasteiger partial charge < -0.3 is 5.11 Å². The Bertz CT molecular complexity index is 96.3. The van der Waals surface area contributed by atoms with Crippen LogP contribution >= 0.6 is 0 Å². The maximum absolute atomic E-state index is 9.45. The van der Waals surface area contributed by atoms with Gasteiger partial charge in [-0.25, -0.2) is 0 Å². The van der Waals surface area contributed by atoms with Crippen LogP contribution in [0.1, 0.15) is 71.6 Å². The van der Waals surface area contributed by atoms with E-state index in [1.807, 2.05) is 0 Å². The molecule has 1 atom stereocenters. The second-order valence-electron chi connectivity index (χ2n) is 4.00. The minimum Gasteiger partial charge on any atom is -0.393 e. The van der Waals surface area contributed by atoms with Gasteiger partial charge in [-0.15, -0.1) is 0 Å². The van der Waals surface area contributed by atoms with Gasteiger partial charge in [0.1, 0.15) is 0 Å². The predicted octanol–water partition coefficient (Wildman–Crippen LogP) is 3.52. The van der Waals surface area contributed by atoms with Crippen molar-refractivity contribution >= 4 is 23.1 Å². The smallest absolute Gasteiger partial charge is 0.0540 e. The van der Waals surface area contributed by atoms with Crippen LogP contribution in [0.15, 0.2) is 0 Å². The van der Waals surface area contributed by atoms with E-state index in [9.17, 15) is 5.11 Å². The Morgan fingerprint density at radius 2 is 1.36 bits per heavy atom. The predicted molar refractivity (Wildman–Crippen MR) is 64.7 cm³/mol. The molecule has 14 heavy (non-hydrogen) atoms. The van der Waals surface area contributed by atoms with Crippen LogP contribution in [-0.2, 0) is 0 Å². The van der Waals surface area contributed by atoms with Gasteiger partial charge in [-0.1, -0.05) is 58.8 Å². The Hall–Kier alpha value is 0.726. The van der Waals surface area contributed by atoms with Gasteiger partial charge in [0.15, 0.2) is 0 Å². The van der Waals surface area contributed by atoms with Crippen molar-refractivity contribution in [1.29, 1.82) is 0 Å². The first-order valence-corrected chi connectivity index (χ1v) is 5.99. The van der Waals surface area contributed by atoms with Gasteiger partial charge in [-0.3, -0.25) is 0 Å². The minimum absolute atomic E-state index is 0. The number of hydrogen-bond acceptors (Lipinski definition) is 1. The Kier molecular flexibility index (Phi) is 16.8. The average Bonchev–Trinajstić information content (AvgIpc) is 2.11. The highest BCUT2D eigenvalue weighted by atomic mass is 24.3. The van der Waals surface area contributed by atoms with Crippen molar-refractivity contribution < 1.29 is 5.11 Å². The van der Waals surface area contributed by atoms with E-state index in [4.69, 9.17) is 0 Å². The number of aliphatic hydroxyl groups excluding tert-OH is 1. The molecule has 1 nitrogen and oxygen atoms in total. The second-order valence-corrected chi connectivity index (χ2v) is 4.00. The molecule has 0 aliphatic carbocycles. The summed E-state index contributed by atoms with van der Waals surface area (Å²) in [4.78, 5) is 0. The monoisotopic (exact) mass is 210 g/mol. The maximum atomic E-state index is 9.45. The van der Waals surface area contributed by atoms with Crippen LogP contribution in [0.2, 0.25) is 0 Å². The lowest BCUT2D eigenvalue weighted by atomic mass is 10.0. The summed E-state index contributed by atoms with van der Waals surface area (Å²) in [6.07, 6.45) is 11.0. The third-order valence-corrected chi connectivity index (χ3v) is 2.51. The van der Waals surface area contributed by atoms with Gasteiger partial charge in [0.2, 0.25) is 0 Å². The van der Waals surface area contributed by atoms with E-state index in [2.05, 4.69) is 13.8 Å². The highest BCUT2D eigenvalue weighted by Crippen LogP contribution is 2.10. The Morgan fingerprint density at radius 1 is 0.786 bits per heavy atom. The topological polar surface area (TPSA) is 20.2 Å². The maximum Gasteiger partial charge on any atom is 0.0540 e. The first-order chi connectivity index (χ1) is 6.31. The normalized spacial score (nSPS) is 12.2. The molecule has 0 fully saturated rings. The molecule has 2 radical (unpaired) electrons. The van der Waals surface area contributed by atoms with Gasteiger partial charge in [0.05, 0.1) is 6.10 Å². The SMILES string of the molecule is CCCCCCCCC(O)CCC.[Mg]. The lowest BCUT2D eigenvalue weighted by Crippen LogP contribution is -2.04. The molecular weight excluding hydrogens is 184 g/mol. The van der Waals surface area contributed by atoms with Gasteiger partial charge in [-0.2, -0.15) is 0 Å². The Labute approximate surface area is 106 Å². The molecule has 2 heteroatoms. The van der Waals surface area contributed by atoms with E-state index in [1.165, 1.54) is 38.5 Å². The average molecular weight is 211 g/mol. The highest BCUT2D eigenvalue weighted by molar-refractivity contribution is 5.75. The van der Waals surface area contributed by atoms with E-state index < -0.39 is 0 Å². The highest BCUT2D eigenvalue weighted by Gasteiger charge is 2.01. The zero-order chi connectivity index (χ0) is 9.94. The van der Waals surface area contributed by atoms with Crippen molar-refractivity contribution in [3.05, 3.63) is 0 Å². The van der Waals surface area contributed by atoms with Crippen LogP contribution in [0, 0.1) is 0 Å². The fourth-order valence-electron chi connectivity index (χ4n) is 1.64. The molecule has 0 amide bonds. The third kappa shape index (κ3) is 12.7. The molecular formula is C12H26MgO. The molecule has 0 saturated heterocycles. The van der Waals surface area contributed by atoms with E-state index in [1.54, 1.807) is 0 Å². The quantitative estimate of drug-likeness (QED) is 0.456. The summed E-state index contributed by atoms with van der Waals surface area (Å²) in [5.41, 5.74) is 0. The summed E-state index contributed by atoms with van der Waals surface area (Å²) in [5, 5.41) is 9.45. The standard InChI is InChI=1S/C12H26O.Mg/c1-3-5-6-7-8-9-11-12(13)10-4-2;/h12-13H,3-11H2,1-2H3;. The molecule has 0 saturated carbocycles. The molecule has 1 unspecified atom stereocenters. The van der Waals surface area contributed by atoms with Crippen molar-refractivity contribution in [2.75, 3.05) is 0 Å². The van der Waals surface area contributed by atoms with E-state index >= 15 is 0 Å². The Balaban J connectivity index is 0. The number of aliphatic hydroxyl groups is 1. The number of hydrogen-bond donors (Lipinski definition) is 1. The van der Waals surface area contributed by atoms with Crippen LogP contribution in [-0.4, -0.2) is 34.3 Å². The first-order valence-electron chi connectivity index (χ1n) is 5.99. The zero-order valence-electron chi connectivity index (χ0n) is 10.1. The van der Waals surface area contributed by atoms with Crippen molar-refractivity contribution in [3.63, 3.8) is 0 Å². The van der Waals surface area contributed by atoms with E-state index in [-0.39, 0.29) is 29.2 Å². The van der Waals surface area contributed by atoms with Crippen molar-refractivity contribution in [1.82, 2.24) is 0 Å². The molecule has 0 spiro atoms. The lowest BCUT2D eigenvalue weighted by molar-refractivity contribution is 0.150. The van der Waals surface area contributed by atoms with Crippen molar-refractivity contribution in [2.45, 2.75) is 77.7 Å². The lowest BCUT2D eigenvalue weighted by Gasteiger charge is -2.08. The van der Waals surface area contributed by atoms with E-state index in [0.29, 0.717) is 0 Å². The fourth-order valence-corrected chi connectivity index (χ4v) is 1.64.